The van der Waals surface area contributed by atoms with Gasteiger partial charge in [0.25, 0.3) is 0 Å². The molecule has 0 saturated carbocycles. The molecule has 6 nitrogen and oxygen atoms in total. The normalized spacial score (nSPS) is 18.4. The molecule has 2 aromatic heterocycles. The van der Waals surface area contributed by atoms with E-state index in [1.807, 2.05) is 48.4 Å². The minimum Gasteiger partial charge on any atom is -0.497 e. The molecule has 3 aromatic rings. The summed E-state index contributed by atoms with van der Waals surface area (Å²) < 4.78 is 5.42. The second-order valence-corrected chi connectivity index (χ2v) is 10.8. The number of likely N-dealkylation sites (tertiary alicyclic amines) is 1. The van der Waals surface area contributed by atoms with E-state index in [1.54, 1.807) is 7.11 Å². The lowest BCUT2D eigenvalue weighted by Crippen LogP contribution is -2.41. The molecule has 1 N–H and O–H groups in total. The van der Waals surface area contributed by atoms with Gasteiger partial charge in [-0.15, -0.1) is 11.8 Å². The summed E-state index contributed by atoms with van der Waals surface area (Å²) in [5.74, 6) is 2.27. The Morgan fingerprint density at radius 1 is 1.11 bits per heavy atom. The number of carboxylic acids is 1. The zero-order valence-corrected chi connectivity index (χ0v) is 22.0. The van der Waals surface area contributed by atoms with E-state index in [0.717, 1.165) is 85.6 Å². The molecule has 7 heteroatoms. The van der Waals surface area contributed by atoms with Crippen LogP contribution in [0.25, 0.3) is 10.9 Å². The highest BCUT2D eigenvalue weighted by Crippen LogP contribution is 2.32. The van der Waals surface area contributed by atoms with Gasteiger partial charge in [0.1, 0.15) is 5.75 Å². The summed E-state index contributed by atoms with van der Waals surface area (Å²) >= 11 is 1.81. The number of aromatic nitrogens is 2. The molecule has 0 amide bonds. The molecule has 1 aromatic carbocycles. The van der Waals surface area contributed by atoms with Gasteiger partial charge in [-0.25, -0.2) is 4.98 Å². The predicted molar refractivity (Wildman–Crippen MR) is 146 cm³/mol. The second-order valence-electron chi connectivity index (χ2n) is 9.66. The van der Waals surface area contributed by atoms with E-state index in [9.17, 15) is 9.90 Å². The van der Waals surface area contributed by atoms with Crippen LogP contribution < -0.4 is 4.74 Å². The summed E-state index contributed by atoms with van der Waals surface area (Å²) in [6.45, 7) is 3.19. The highest BCUT2D eigenvalue weighted by Gasteiger charge is 2.29. The highest BCUT2D eigenvalue weighted by atomic mass is 32.2. The van der Waals surface area contributed by atoms with Gasteiger partial charge in [0.2, 0.25) is 0 Å². The smallest absolute Gasteiger partial charge is 0.303 e. The van der Waals surface area contributed by atoms with Gasteiger partial charge in [0.15, 0.2) is 0 Å². The summed E-state index contributed by atoms with van der Waals surface area (Å²) in [7, 11) is 1.69. The molecule has 3 heterocycles. The number of carboxylic acid groups (broad SMARTS) is 1. The van der Waals surface area contributed by atoms with Crippen molar-refractivity contribution in [1.29, 1.82) is 0 Å². The number of rotatable bonds is 13. The number of carbonyl (C=O) groups is 1. The van der Waals surface area contributed by atoms with Crippen LogP contribution in [0.15, 0.2) is 59.9 Å². The third-order valence-electron chi connectivity index (χ3n) is 7.27. The quantitative estimate of drug-likeness (QED) is 0.226. The SMILES string of the molecule is COc1ccc2nccc(CCCC3CCN(CCCSc4ccccn4)CC3CCC(=O)O)c2c1. The van der Waals surface area contributed by atoms with E-state index in [1.165, 1.54) is 5.56 Å². The van der Waals surface area contributed by atoms with Gasteiger partial charge >= 0.3 is 5.97 Å². The van der Waals surface area contributed by atoms with Crippen LogP contribution in [-0.4, -0.2) is 58.4 Å². The van der Waals surface area contributed by atoms with Crippen LogP contribution >= 0.6 is 11.8 Å². The lowest BCUT2D eigenvalue weighted by Gasteiger charge is -2.39. The van der Waals surface area contributed by atoms with Crippen molar-refractivity contribution in [2.75, 3.05) is 32.5 Å². The minimum atomic E-state index is -0.685. The number of hydrogen-bond donors (Lipinski definition) is 1. The first-order chi connectivity index (χ1) is 17.6. The summed E-state index contributed by atoms with van der Waals surface area (Å²) in [5, 5.41) is 11.6. The Kier molecular flexibility index (Phi) is 9.99. The molecule has 4 rings (SSSR count). The molecule has 0 aliphatic carbocycles. The Labute approximate surface area is 218 Å². The molecule has 0 bridgehead atoms. The van der Waals surface area contributed by atoms with Gasteiger partial charge < -0.3 is 14.7 Å². The Bertz CT molecular complexity index is 1110. The van der Waals surface area contributed by atoms with E-state index in [4.69, 9.17) is 4.74 Å². The van der Waals surface area contributed by atoms with E-state index >= 15 is 0 Å². The molecule has 36 heavy (non-hydrogen) atoms. The third kappa shape index (κ3) is 7.68. The van der Waals surface area contributed by atoms with Crippen LogP contribution in [-0.2, 0) is 11.2 Å². The molecule has 1 saturated heterocycles. The Balaban J connectivity index is 1.28. The summed E-state index contributed by atoms with van der Waals surface area (Å²) in [6, 6.07) is 14.2. The standard InChI is InChI=1S/C29H37N3O3S/c1-35-25-10-11-27-26(20-25)23(13-16-30-27)7-4-6-22-14-18-32(21-24(22)9-12-29(33)34)17-5-19-36-28-8-2-3-15-31-28/h2-3,8,10-11,13,15-16,20,22,24H,4-7,9,12,14,17-19,21H2,1H3,(H,33,34). The predicted octanol–water partition coefficient (Wildman–Crippen LogP) is 5.95. The molecule has 0 radical (unpaired) electrons. The first-order valence-electron chi connectivity index (χ1n) is 13.0. The van der Waals surface area contributed by atoms with E-state index in [2.05, 4.69) is 33.1 Å². The number of thioether (sulfide) groups is 1. The van der Waals surface area contributed by atoms with Crippen molar-refractivity contribution in [3.05, 3.63) is 60.4 Å². The number of pyridine rings is 2. The van der Waals surface area contributed by atoms with Crippen LogP contribution in [0, 0.1) is 11.8 Å². The molecule has 0 spiro atoms. The molecule has 1 fully saturated rings. The van der Waals surface area contributed by atoms with E-state index in [-0.39, 0.29) is 6.42 Å². The minimum absolute atomic E-state index is 0.263. The molecular formula is C29H37N3O3S. The van der Waals surface area contributed by atoms with Gasteiger partial charge in [-0.1, -0.05) is 6.07 Å². The number of aryl methyl sites for hydroxylation is 1. The lowest BCUT2D eigenvalue weighted by atomic mass is 9.79. The molecule has 1 aliphatic rings. The average Bonchev–Trinajstić information content (AvgIpc) is 2.91. The summed E-state index contributed by atoms with van der Waals surface area (Å²) in [5.41, 5.74) is 2.31. The molecule has 2 unspecified atom stereocenters. The number of benzene rings is 1. The van der Waals surface area contributed by atoms with Crippen molar-refractivity contribution < 1.29 is 14.6 Å². The van der Waals surface area contributed by atoms with Crippen molar-refractivity contribution in [2.24, 2.45) is 11.8 Å². The van der Waals surface area contributed by atoms with Crippen LogP contribution in [0.5, 0.6) is 5.75 Å². The van der Waals surface area contributed by atoms with Crippen molar-refractivity contribution in [1.82, 2.24) is 14.9 Å². The zero-order chi connectivity index (χ0) is 25.2. The largest absolute Gasteiger partial charge is 0.497 e. The number of fused-ring (bicyclic) bond motifs is 1. The fourth-order valence-electron chi connectivity index (χ4n) is 5.35. The van der Waals surface area contributed by atoms with Crippen molar-refractivity contribution in [3.63, 3.8) is 0 Å². The van der Waals surface area contributed by atoms with Crippen molar-refractivity contribution in [3.8, 4) is 5.75 Å². The lowest BCUT2D eigenvalue weighted by molar-refractivity contribution is -0.137. The average molecular weight is 508 g/mol. The number of ether oxygens (including phenoxy) is 1. The molecular weight excluding hydrogens is 470 g/mol. The monoisotopic (exact) mass is 507 g/mol. The van der Waals surface area contributed by atoms with Gasteiger partial charge in [0, 0.05) is 36.5 Å². The van der Waals surface area contributed by atoms with Crippen LogP contribution in [0.4, 0.5) is 0 Å². The molecule has 192 valence electrons. The van der Waals surface area contributed by atoms with Gasteiger partial charge in [-0.3, -0.25) is 9.78 Å². The Morgan fingerprint density at radius 3 is 2.83 bits per heavy atom. The summed E-state index contributed by atoms with van der Waals surface area (Å²) in [6.07, 6.45) is 10.3. The molecule has 2 atom stereocenters. The maximum atomic E-state index is 11.3. The van der Waals surface area contributed by atoms with Crippen molar-refractivity contribution in [2.45, 2.75) is 50.0 Å². The van der Waals surface area contributed by atoms with Gasteiger partial charge in [0.05, 0.1) is 17.7 Å². The number of hydrogen-bond acceptors (Lipinski definition) is 6. The number of piperidine rings is 1. The van der Waals surface area contributed by atoms with Crippen molar-refractivity contribution >= 4 is 28.6 Å². The molecule has 1 aliphatic heterocycles. The topological polar surface area (TPSA) is 75.5 Å². The summed E-state index contributed by atoms with van der Waals surface area (Å²) in [4.78, 5) is 22.7. The fraction of sp³-hybridized carbons (Fsp3) is 0.483. The number of methoxy groups -OCH3 is 1. The zero-order valence-electron chi connectivity index (χ0n) is 21.1. The number of nitrogens with zero attached hydrogens (tertiary/aromatic N) is 3. The van der Waals surface area contributed by atoms with E-state index in [0.29, 0.717) is 11.8 Å². The van der Waals surface area contributed by atoms with Crippen LogP contribution in [0.2, 0.25) is 0 Å². The third-order valence-corrected chi connectivity index (χ3v) is 8.30. The van der Waals surface area contributed by atoms with Crippen LogP contribution in [0.3, 0.4) is 0 Å². The van der Waals surface area contributed by atoms with Crippen LogP contribution in [0.1, 0.15) is 44.1 Å². The fourth-order valence-corrected chi connectivity index (χ4v) is 6.15. The first kappa shape index (κ1) is 26.4. The maximum Gasteiger partial charge on any atom is 0.303 e. The first-order valence-corrected chi connectivity index (χ1v) is 14.0. The second kappa shape index (κ2) is 13.6. The van der Waals surface area contributed by atoms with E-state index < -0.39 is 5.97 Å². The van der Waals surface area contributed by atoms with Gasteiger partial charge in [-0.2, -0.15) is 0 Å². The maximum absolute atomic E-state index is 11.3. The number of aliphatic carboxylic acids is 1. The Hall–Kier alpha value is -2.64. The highest BCUT2D eigenvalue weighted by molar-refractivity contribution is 7.99. The Morgan fingerprint density at radius 2 is 2.03 bits per heavy atom. The van der Waals surface area contributed by atoms with Gasteiger partial charge in [-0.05, 0) is 105 Å².